The fourth-order valence-electron chi connectivity index (χ4n) is 1.96. The second-order valence-corrected chi connectivity index (χ2v) is 5.17. The molecule has 0 aliphatic heterocycles. The van der Waals surface area contributed by atoms with Gasteiger partial charge in [0.15, 0.2) is 6.10 Å². The number of nitrogens with one attached hydrogen (secondary N) is 1. The number of halogens is 1. The van der Waals surface area contributed by atoms with Crippen molar-refractivity contribution in [3.05, 3.63) is 59.9 Å². The summed E-state index contributed by atoms with van der Waals surface area (Å²) in [4.78, 5) is 11.9. The van der Waals surface area contributed by atoms with Crippen LogP contribution < -0.4 is 14.8 Å². The van der Waals surface area contributed by atoms with E-state index in [9.17, 15) is 9.18 Å². The quantitative estimate of drug-likeness (QED) is 0.798. The monoisotopic (exact) mass is 317 g/mol. The molecule has 0 heterocycles. The second-order valence-electron chi connectivity index (χ2n) is 5.17. The predicted molar refractivity (Wildman–Crippen MR) is 86.2 cm³/mol. The van der Waals surface area contributed by atoms with E-state index in [0.717, 1.165) is 5.56 Å². The maximum atomic E-state index is 12.7. The Labute approximate surface area is 135 Å². The highest BCUT2D eigenvalue weighted by atomic mass is 19.1. The maximum Gasteiger partial charge on any atom is 0.260 e. The number of carbonyl (C=O) groups is 1. The Kier molecular flexibility index (Phi) is 5.97. The molecule has 5 heteroatoms. The molecule has 1 atom stereocenters. The van der Waals surface area contributed by atoms with E-state index in [-0.39, 0.29) is 11.7 Å². The lowest BCUT2D eigenvalue weighted by Crippen LogP contribution is -2.38. The number of aryl methyl sites for hydroxylation is 1. The molecule has 2 aromatic rings. The Morgan fingerprint density at radius 3 is 2.61 bits per heavy atom. The summed E-state index contributed by atoms with van der Waals surface area (Å²) in [7, 11) is 0. The third-order valence-electron chi connectivity index (χ3n) is 3.16. The van der Waals surface area contributed by atoms with Crippen LogP contribution in [0.4, 0.5) is 4.39 Å². The van der Waals surface area contributed by atoms with Crippen molar-refractivity contribution >= 4 is 5.91 Å². The van der Waals surface area contributed by atoms with Gasteiger partial charge in [0, 0.05) is 0 Å². The lowest BCUT2D eigenvalue weighted by atomic mass is 10.2. The highest BCUT2D eigenvalue weighted by molar-refractivity contribution is 5.80. The molecule has 0 radical (unpaired) electrons. The zero-order valence-corrected chi connectivity index (χ0v) is 13.2. The molecule has 0 saturated carbocycles. The van der Waals surface area contributed by atoms with E-state index in [4.69, 9.17) is 9.47 Å². The van der Waals surface area contributed by atoms with Crippen molar-refractivity contribution in [3.63, 3.8) is 0 Å². The van der Waals surface area contributed by atoms with Crippen LogP contribution in [0.3, 0.4) is 0 Å². The molecule has 2 rings (SSSR count). The summed E-state index contributed by atoms with van der Waals surface area (Å²) in [6.07, 6.45) is -0.595. The minimum absolute atomic E-state index is 0.214. The molecule has 4 nitrogen and oxygen atoms in total. The van der Waals surface area contributed by atoms with Gasteiger partial charge in [-0.15, -0.1) is 0 Å². The summed E-state index contributed by atoms with van der Waals surface area (Å²) >= 11 is 0. The Hall–Kier alpha value is -2.56. The van der Waals surface area contributed by atoms with Crippen LogP contribution in [0, 0.1) is 12.7 Å². The van der Waals surface area contributed by atoms with E-state index in [0.29, 0.717) is 24.7 Å². The Morgan fingerprint density at radius 2 is 1.91 bits per heavy atom. The molecule has 0 saturated heterocycles. The van der Waals surface area contributed by atoms with Gasteiger partial charge in [-0.1, -0.05) is 12.1 Å². The topological polar surface area (TPSA) is 47.6 Å². The highest BCUT2D eigenvalue weighted by Crippen LogP contribution is 2.14. The molecule has 2 aromatic carbocycles. The first kappa shape index (κ1) is 16.8. The van der Waals surface area contributed by atoms with Crippen molar-refractivity contribution in [1.82, 2.24) is 5.32 Å². The van der Waals surface area contributed by atoms with E-state index >= 15 is 0 Å². The molecule has 1 N–H and O–H groups in total. The van der Waals surface area contributed by atoms with Gasteiger partial charge in [-0.05, 0) is 55.8 Å². The first-order valence-electron chi connectivity index (χ1n) is 7.44. The molecule has 23 heavy (non-hydrogen) atoms. The summed E-state index contributed by atoms with van der Waals surface area (Å²) in [6.45, 7) is 4.30. The smallest absolute Gasteiger partial charge is 0.260 e. The first-order valence-corrected chi connectivity index (χ1v) is 7.44. The fraction of sp³-hybridized carbons (Fsp3) is 0.278. The molecule has 0 bridgehead atoms. The molecule has 0 spiro atoms. The Balaban J connectivity index is 1.70. The van der Waals surface area contributed by atoms with E-state index in [1.807, 2.05) is 31.2 Å². The largest absolute Gasteiger partial charge is 0.492 e. The van der Waals surface area contributed by atoms with E-state index in [2.05, 4.69) is 5.32 Å². The minimum Gasteiger partial charge on any atom is -0.492 e. The van der Waals surface area contributed by atoms with Crippen LogP contribution in [0.5, 0.6) is 11.5 Å². The van der Waals surface area contributed by atoms with Gasteiger partial charge in [0.25, 0.3) is 5.91 Å². The number of amides is 1. The molecule has 122 valence electrons. The van der Waals surface area contributed by atoms with E-state index in [1.165, 1.54) is 12.1 Å². The zero-order valence-electron chi connectivity index (χ0n) is 13.2. The molecule has 0 unspecified atom stereocenters. The van der Waals surface area contributed by atoms with Crippen LogP contribution in [0.2, 0.25) is 0 Å². The summed E-state index contributed by atoms with van der Waals surface area (Å²) in [6, 6.07) is 13.3. The highest BCUT2D eigenvalue weighted by Gasteiger charge is 2.14. The van der Waals surface area contributed by atoms with Crippen LogP contribution in [0.1, 0.15) is 12.5 Å². The average molecular weight is 317 g/mol. The summed E-state index contributed by atoms with van der Waals surface area (Å²) < 4.78 is 23.7. The van der Waals surface area contributed by atoms with Crippen molar-refractivity contribution in [3.8, 4) is 11.5 Å². The zero-order chi connectivity index (χ0) is 16.7. The van der Waals surface area contributed by atoms with Crippen molar-refractivity contribution in [1.29, 1.82) is 0 Å². The van der Waals surface area contributed by atoms with Crippen LogP contribution in [-0.4, -0.2) is 25.2 Å². The average Bonchev–Trinajstić information content (AvgIpc) is 2.53. The number of carbonyl (C=O) groups excluding carboxylic acids is 1. The normalized spacial score (nSPS) is 11.6. The van der Waals surface area contributed by atoms with Crippen molar-refractivity contribution in [2.75, 3.05) is 13.2 Å². The SMILES string of the molecule is Cc1cccc(O[C@@H](C)C(=O)NCCOc2ccc(F)cc2)c1. The maximum absolute atomic E-state index is 12.7. The molecule has 0 aliphatic rings. The van der Waals surface area contributed by atoms with Crippen molar-refractivity contribution < 1.29 is 18.7 Å². The van der Waals surface area contributed by atoms with Crippen molar-refractivity contribution in [2.24, 2.45) is 0 Å². The number of benzene rings is 2. The minimum atomic E-state index is -0.595. The summed E-state index contributed by atoms with van der Waals surface area (Å²) in [5.74, 6) is 0.696. The molecule has 1 amide bonds. The number of hydrogen-bond donors (Lipinski definition) is 1. The van der Waals surface area contributed by atoms with Crippen LogP contribution >= 0.6 is 0 Å². The van der Waals surface area contributed by atoms with Crippen LogP contribution in [0.15, 0.2) is 48.5 Å². The van der Waals surface area contributed by atoms with E-state index in [1.54, 1.807) is 19.1 Å². The van der Waals surface area contributed by atoms with Crippen LogP contribution in [0.25, 0.3) is 0 Å². The Bertz CT molecular complexity index is 643. The second kappa shape index (κ2) is 8.17. The van der Waals surface area contributed by atoms with E-state index < -0.39 is 6.10 Å². The number of hydrogen-bond acceptors (Lipinski definition) is 3. The van der Waals surface area contributed by atoms with Crippen LogP contribution in [-0.2, 0) is 4.79 Å². The molecule has 0 aromatic heterocycles. The third kappa shape index (κ3) is 5.62. The predicted octanol–water partition coefficient (Wildman–Crippen LogP) is 3.10. The van der Waals surface area contributed by atoms with Gasteiger partial charge < -0.3 is 14.8 Å². The van der Waals surface area contributed by atoms with Gasteiger partial charge in [0.05, 0.1) is 6.54 Å². The molecule has 0 aliphatic carbocycles. The molecule has 0 fully saturated rings. The van der Waals surface area contributed by atoms with Gasteiger partial charge >= 0.3 is 0 Å². The Morgan fingerprint density at radius 1 is 1.17 bits per heavy atom. The third-order valence-corrected chi connectivity index (χ3v) is 3.16. The standard InChI is InChI=1S/C18H20FNO3/c1-13-4-3-5-17(12-13)23-14(2)18(21)20-10-11-22-16-8-6-15(19)7-9-16/h3-9,12,14H,10-11H2,1-2H3,(H,20,21)/t14-/m0/s1. The van der Waals surface area contributed by atoms with Gasteiger partial charge in [-0.3, -0.25) is 4.79 Å². The van der Waals surface area contributed by atoms with Gasteiger partial charge in [-0.2, -0.15) is 0 Å². The lowest BCUT2D eigenvalue weighted by Gasteiger charge is -2.15. The summed E-state index contributed by atoms with van der Waals surface area (Å²) in [5.41, 5.74) is 1.07. The molecular weight excluding hydrogens is 297 g/mol. The molecular formula is C18H20FNO3. The van der Waals surface area contributed by atoms with Gasteiger partial charge in [0.1, 0.15) is 23.9 Å². The number of ether oxygens (including phenoxy) is 2. The summed E-state index contributed by atoms with van der Waals surface area (Å²) in [5, 5.41) is 2.74. The first-order chi connectivity index (χ1) is 11.0. The lowest BCUT2D eigenvalue weighted by molar-refractivity contribution is -0.127. The number of rotatable bonds is 7. The fourth-order valence-corrected chi connectivity index (χ4v) is 1.96. The van der Waals surface area contributed by atoms with Gasteiger partial charge in [-0.25, -0.2) is 4.39 Å². The van der Waals surface area contributed by atoms with Crippen molar-refractivity contribution in [2.45, 2.75) is 20.0 Å². The van der Waals surface area contributed by atoms with Gasteiger partial charge in [0.2, 0.25) is 0 Å².